The van der Waals surface area contributed by atoms with Crippen LogP contribution in [0, 0.1) is 11.6 Å². The van der Waals surface area contributed by atoms with Gasteiger partial charge in [-0.05, 0) is 25.6 Å². The highest BCUT2D eigenvalue weighted by Crippen LogP contribution is 2.29. The summed E-state index contributed by atoms with van der Waals surface area (Å²) in [4.78, 5) is 19.8. The van der Waals surface area contributed by atoms with Gasteiger partial charge in [-0.2, -0.15) is 0 Å². The number of likely N-dealkylation sites (N-methyl/N-ethyl adjacent to an activating group) is 1. The molecule has 0 spiro atoms. The maximum Gasteiger partial charge on any atom is 0.244 e. The fourth-order valence-electron chi connectivity index (χ4n) is 2.72. The van der Waals surface area contributed by atoms with Crippen LogP contribution in [0.25, 0.3) is 0 Å². The molecule has 1 aromatic carbocycles. The molecule has 1 aliphatic rings. The molecule has 1 saturated heterocycles. The van der Waals surface area contributed by atoms with E-state index in [1.54, 1.807) is 5.51 Å². The van der Waals surface area contributed by atoms with E-state index in [-0.39, 0.29) is 17.6 Å². The van der Waals surface area contributed by atoms with E-state index in [2.05, 4.69) is 4.98 Å². The molecule has 1 fully saturated rings. The van der Waals surface area contributed by atoms with Gasteiger partial charge in [0.05, 0.1) is 17.2 Å². The summed E-state index contributed by atoms with van der Waals surface area (Å²) in [6.45, 7) is 0.844. The number of amides is 1. The van der Waals surface area contributed by atoms with Gasteiger partial charge in [0.1, 0.15) is 17.3 Å². The third kappa shape index (κ3) is 2.74. The Balaban J connectivity index is 1.77. The fourth-order valence-corrected chi connectivity index (χ4v) is 3.27. The maximum absolute atomic E-state index is 13.9. The van der Waals surface area contributed by atoms with Crippen molar-refractivity contribution in [2.24, 2.45) is 0 Å². The zero-order chi connectivity index (χ0) is 15.7. The summed E-state index contributed by atoms with van der Waals surface area (Å²) in [6, 6.07) is 3.23. The lowest BCUT2D eigenvalue weighted by Gasteiger charge is -2.23. The Hall–Kier alpha value is -1.86. The standard InChI is InChI=1S/C15H15F2N3OS/c1-19(7-10-8-22-9-18-10)13-5-6-20(15(13)21)14-11(16)3-2-4-12(14)17/h2-4,8-9,13H,5-7H2,1H3. The monoisotopic (exact) mass is 323 g/mol. The highest BCUT2D eigenvalue weighted by atomic mass is 32.1. The second kappa shape index (κ2) is 6.10. The molecule has 2 heterocycles. The fraction of sp³-hybridized carbons (Fsp3) is 0.333. The zero-order valence-electron chi connectivity index (χ0n) is 12.0. The predicted octanol–water partition coefficient (Wildman–Crippen LogP) is 2.66. The largest absolute Gasteiger partial charge is 0.306 e. The molecular weight excluding hydrogens is 308 g/mol. The molecule has 0 saturated carbocycles. The number of carbonyl (C=O) groups excluding carboxylic acids is 1. The van der Waals surface area contributed by atoms with Crippen molar-refractivity contribution in [1.82, 2.24) is 9.88 Å². The molecule has 1 amide bonds. The minimum absolute atomic E-state index is 0.253. The first kappa shape index (κ1) is 15.1. The molecular formula is C15H15F2N3OS. The van der Waals surface area contributed by atoms with Crippen LogP contribution in [0.5, 0.6) is 0 Å². The molecule has 2 aromatic rings. The molecule has 4 nitrogen and oxygen atoms in total. The zero-order valence-corrected chi connectivity index (χ0v) is 12.8. The van der Waals surface area contributed by atoms with Gasteiger partial charge in [-0.15, -0.1) is 11.3 Å². The molecule has 0 bridgehead atoms. The number of halogens is 2. The Morgan fingerprint density at radius 1 is 1.41 bits per heavy atom. The second-order valence-corrected chi connectivity index (χ2v) is 5.98. The summed E-state index contributed by atoms with van der Waals surface area (Å²) in [5.74, 6) is -1.70. The van der Waals surface area contributed by atoms with Crippen molar-refractivity contribution in [2.75, 3.05) is 18.5 Å². The maximum atomic E-state index is 13.9. The molecule has 3 rings (SSSR count). The summed E-state index contributed by atoms with van der Waals surface area (Å²) in [5.41, 5.74) is 2.37. The van der Waals surface area contributed by atoms with Crippen molar-refractivity contribution >= 4 is 22.9 Å². The van der Waals surface area contributed by atoms with Crippen LogP contribution in [0.3, 0.4) is 0 Å². The lowest BCUT2D eigenvalue weighted by Crippen LogP contribution is -2.39. The minimum Gasteiger partial charge on any atom is -0.306 e. The van der Waals surface area contributed by atoms with Crippen molar-refractivity contribution in [3.63, 3.8) is 0 Å². The van der Waals surface area contributed by atoms with Crippen molar-refractivity contribution in [1.29, 1.82) is 0 Å². The van der Waals surface area contributed by atoms with Crippen LogP contribution in [0.15, 0.2) is 29.1 Å². The quantitative estimate of drug-likeness (QED) is 0.868. The van der Waals surface area contributed by atoms with Crippen LogP contribution >= 0.6 is 11.3 Å². The summed E-state index contributed by atoms with van der Waals surface area (Å²) in [6.07, 6.45) is 0.535. The van der Waals surface area contributed by atoms with Gasteiger partial charge in [-0.25, -0.2) is 13.8 Å². The van der Waals surface area contributed by atoms with E-state index in [1.807, 2.05) is 17.3 Å². The number of aromatic nitrogens is 1. The molecule has 1 aliphatic heterocycles. The first-order valence-corrected chi connectivity index (χ1v) is 7.85. The van der Waals surface area contributed by atoms with Crippen LogP contribution in [0.1, 0.15) is 12.1 Å². The van der Waals surface area contributed by atoms with Gasteiger partial charge in [0.15, 0.2) is 0 Å². The number of hydrogen-bond acceptors (Lipinski definition) is 4. The number of carbonyl (C=O) groups is 1. The molecule has 7 heteroatoms. The highest BCUT2D eigenvalue weighted by Gasteiger charge is 2.37. The Morgan fingerprint density at radius 3 is 2.77 bits per heavy atom. The van der Waals surface area contributed by atoms with Gasteiger partial charge in [0, 0.05) is 18.5 Å². The topological polar surface area (TPSA) is 36.4 Å². The van der Waals surface area contributed by atoms with Gasteiger partial charge < -0.3 is 4.90 Å². The number of anilines is 1. The number of rotatable bonds is 4. The average Bonchev–Trinajstić information content (AvgIpc) is 3.09. The van der Waals surface area contributed by atoms with Crippen LogP contribution in [-0.2, 0) is 11.3 Å². The predicted molar refractivity (Wildman–Crippen MR) is 80.7 cm³/mol. The highest BCUT2D eigenvalue weighted by molar-refractivity contribution is 7.07. The molecule has 0 radical (unpaired) electrons. The van der Waals surface area contributed by atoms with E-state index in [9.17, 15) is 13.6 Å². The first-order valence-electron chi connectivity index (χ1n) is 6.90. The van der Waals surface area contributed by atoms with Gasteiger partial charge >= 0.3 is 0 Å². The second-order valence-electron chi connectivity index (χ2n) is 5.26. The van der Waals surface area contributed by atoms with Crippen molar-refractivity contribution in [2.45, 2.75) is 19.0 Å². The van der Waals surface area contributed by atoms with E-state index in [0.29, 0.717) is 19.5 Å². The number of hydrogen-bond donors (Lipinski definition) is 0. The Morgan fingerprint density at radius 2 is 2.14 bits per heavy atom. The molecule has 0 N–H and O–H groups in total. The Labute approximate surface area is 131 Å². The average molecular weight is 323 g/mol. The molecule has 0 aliphatic carbocycles. The molecule has 1 aromatic heterocycles. The molecule has 22 heavy (non-hydrogen) atoms. The van der Waals surface area contributed by atoms with Crippen LogP contribution in [0.2, 0.25) is 0 Å². The Kier molecular flexibility index (Phi) is 4.17. The van der Waals surface area contributed by atoms with E-state index in [0.717, 1.165) is 17.8 Å². The van der Waals surface area contributed by atoms with E-state index >= 15 is 0 Å². The minimum atomic E-state index is -0.712. The molecule has 1 unspecified atom stereocenters. The van der Waals surface area contributed by atoms with Gasteiger partial charge in [-0.1, -0.05) is 6.07 Å². The van der Waals surface area contributed by atoms with Gasteiger partial charge in [-0.3, -0.25) is 9.69 Å². The molecule has 1 atom stereocenters. The van der Waals surface area contributed by atoms with E-state index in [1.165, 1.54) is 22.3 Å². The van der Waals surface area contributed by atoms with E-state index < -0.39 is 11.6 Å². The third-order valence-corrected chi connectivity index (χ3v) is 4.45. The first-order chi connectivity index (χ1) is 10.6. The van der Waals surface area contributed by atoms with Crippen molar-refractivity contribution < 1.29 is 13.6 Å². The summed E-state index contributed by atoms with van der Waals surface area (Å²) in [7, 11) is 1.82. The normalized spacial score (nSPS) is 18.5. The SMILES string of the molecule is CN(Cc1cscn1)C1CCN(c2c(F)cccc2F)C1=O. The summed E-state index contributed by atoms with van der Waals surface area (Å²) < 4.78 is 27.7. The van der Waals surface area contributed by atoms with Crippen LogP contribution in [-0.4, -0.2) is 35.4 Å². The van der Waals surface area contributed by atoms with Crippen LogP contribution < -0.4 is 4.90 Å². The van der Waals surface area contributed by atoms with Crippen molar-refractivity contribution in [3.05, 3.63) is 46.4 Å². The number of benzene rings is 1. The van der Waals surface area contributed by atoms with Crippen LogP contribution in [0.4, 0.5) is 14.5 Å². The third-order valence-electron chi connectivity index (χ3n) is 3.81. The smallest absolute Gasteiger partial charge is 0.244 e. The number of para-hydroxylation sites is 1. The number of nitrogens with zero attached hydrogens (tertiary/aromatic N) is 3. The van der Waals surface area contributed by atoms with E-state index in [4.69, 9.17) is 0 Å². The van der Waals surface area contributed by atoms with Gasteiger partial charge in [0.25, 0.3) is 0 Å². The van der Waals surface area contributed by atoms with Gasteiger partial charge in [0.2, 0.25) is 5.91 Å². The Bertz CT molecular complexity index is 657. The molecule has 116 valence electrons. The lowest BCUT2D eigenvalue weighted by atomic mass is 10.2. The summed E-state index contributed by atoms with van der Waals surface area (Å²) >= 11 is 1.49. The lowest BCUT2D eigenvalue weighted by molar-refractivity contribution is -0.121. The van der Waals surface area contributed by atoms with Crippen molar-refractivity contribution in [3.8, 4) is 0 Å². The number of thiazole rings is 1. The summed E-state index contributed by atoms with van der Waals surface area (Å²) in [5, 5.41) is 1.92.